The average Bonchev–Trinajstić information content (AvgIpc) is 3.66. The Kier molecular flexibility index (Phi) is 5.45. The van der Waals surface area contributed by atoms with Gasteiger partial charge in [0.25, 0.3) is 11.8 Å². The number of pyridine rings is 1. The molecule has 0 aliphatic carbocycles. The second-order valence-electron chi connectivity index (χ2n) is 8.93. The van der Waals surface area contributed by atoms with Crippen molar-refractivity contribution in [3.05, 3.63) is 95.9 Å². The summed E-state index contributed by atoms with van der Waals surface area (Å²) in [4.78, 5) is 36.1. The Balaban J connectivity index is 1.26. The monoisotopic (exact) mass is 490 g/mol. The van der Waals surface area contributed by atoms with Crippen LogP contribution in [-0.4, -0.2) is 48.0 Å². The molecule has 4 heterocycles. The maximum absolute atomic E-state index is 12.8. The predicted molar refractivity (Wildman–Crippen MR) is 135 cm³/mol. The molecule has 1 atom stereocenters. The van der Waals surface area contributed by atoms with E-state index < -0.39 is 0 Å². The van der Waals surface area contributed by atoms with Gasteiger partial charge in [0.15, 0.2) is 11.6 Å². The highest BCUT2D eigenvalue weighted by Crippen LogP contribution is 2.29. The molecule has 0 saturated heterocycles. The summed E-state index contributed by atoms with van der Waals surface area (Å²) in [6.45, 7) is 4.10. The Labute approximate surface area is 212 Å². The van der Waals surface area contributed by atoms with Crippen LogP contribution in [0.3, 0.4) is 0 Å². The van der Waals surface area contributed by atoms with Gasteiger partial charge in [-0.1, -0.05) is 42.5 Å². The van der Waals surface area contributed by atoms with Crippen molar-refractivity contribution in [2.45, 2.75) is 19.9 Å². The van der Waals surface area contributed by atoms with E-state index in [1.165, 1.54) is 4.90 Å². The van der Waals surface area contributed by atoms with E-state index in [9.17, 15) is 9.59 Å². The molecule has 0 spiro atoms. The van der Waals surface area contributed by atoms with Gasteiger partial charge in [-0.05, 0) is 43.7 Å². The first-order valence-corrected chi connectivity index (χ1v) is 11.9. The number of imide groups is 1. The molecule has 0 bridgehead atoms. The molecule has 6 rings (SSSR count). The van der Waals surface area contributed by atoms with E-state index >= 15 is 0 Å². The lowest BCUT2D eigenvalue weighted by molar-refractivity contribution is 0.0635. The molecule has 0 N–H and O–H groups in total. The first-order valence-electron chi connectivity index (χ1n) is 11.9. The maximum Gasteiger partial charge on any atom is 0.261 e. The fraction of sp³-hybridized carbons (Fsp3) is 0.143. The van der Waals surface area contributed by atoms with E-state index in [0.29, 0.717) is 40.0 Å². The van der Waals surface area contributed by atoms with E-state index in [1.54, 1.807) is 36.8 Å². The number of oxazole rings is 1. The first-order chi connectivity index (χ1) is 18.0. The molecule has 0 radical (unpaired) electrons. The lowest BCUT2D eigenvalue weighted by atomic mass is 10.1. The fourth-order valence-electron chi connectivity index (χ4n) is 4.55. The van der Waals surface area contributed by atoms with Gasteiger partial charge in [0.1, 0.15) is 17.7 Å². The SMILES string of the molecule is Cc1ccccc1-c1cnc(-c2cccc(-c3nncn3[C@H](C)CN3C(=O)c4ccccc4C3=O)n2)o1. The zero-order valence-electron chi connectivity index (χ0n) is 20.2. The second kappa shape index (κ2) is 8.94. The Morgan fingerprint density at radius 3 is 2.27 bits per heavy atom. The number of hydrogen-bond acceptors (Lipinski definition) is 7. The molecule has 2 amide bonds. The van der Waals surface area contributed by atoms with Crippen LogP contribution in [0.2, 0.25) is 0 Å². The topological polar surface area (TPSA) is 107 Å². The van der Waals surface area contributed by atoms with Gasteiger partial charge in [-0.15, -0.1) is 10.2 Å². The molecule has 3 aromatic heterocycles. The van der Waals surface area contributed by atoms with Gasteiger partial charge in [0, 0.05) is 12.1 Å². The van der Waals surface area contributed by atoms with Gasteiger partial charge in [0.05, 0.1) is 23.4 Å². The summed E-state index contributed by atoms with van der Waals surface area (Å²) in [5.41, 5.74) is 4.04. The van der Waals surface area contributed by atoms with Gasteiger partial charge >= 0.3 is 0 Å². The van der Waals surface area contributed by atoms with Crippen LogP contribution in [0, 0.1) is 6.92 Å². The lowest BCUT2D eigenvalue weighted by Gasteiger charge is -2.21. The molecule has 5 aromatic rings. The van der Waals surface area contributed by atoms with Crippen molar-refractivity contribution in [2.24, 2.45) is 0 Å². The van der Waals surface area contributed by atoms with Gasteiger partial charge in [0.2, 0.25) is 5.89 Å². The standard InChI is InChI=1S/C28H22N6O3/c1-17-8-3-4-9-19(17)24-14-29-26(37-24)23-13-7-12-22(31-23)25-32-30-16-34(25)18(2)15-33-27(35)20-10-5-6-11-21(20)28(33)36/h3-14,16,18H,15H2,1-2H3/t18-/m1/s1. The van der Waals surface area contributed by atoms with Crippen molar-refractivity contribution >= 4 is 11.8 Å². The fourth-order valence-corrected chi connectivity index (χ4v) is 4.55. The second-order valence-corrected chi connectivity index (χ2v) is 8.93. The quantitative estimate of drug-likeness (QED) is 0.314. The van der Waals surface area contributed by atoms with Crippen molar-refractivity contribution in [1.82, 2.24) is 29.6 Å². The smallest absolute Gasteiger partial charge is 0.261 e. The molecule has 2 aromatic carbocycles. The number of carbonyl (C=O) groups excluding carboxylic acids is 2. The van der Waals surface area contributed by atoms with Crippen LogP contribution in [0.5, 0.6) is 0 Å². The van der Waals surface area contributed by atoms with Crippen LogP contribution in [0.1, 0.15) is 39.2 Å². The van der Waals surface area contributed by atoms with E-state index in [2.05, 4.69) is 15.2 Å². The van der Waals surface area contributed by atoms with Gasteiger partial charge in [-0.3, -0.25) is 14.5 Å². The number of hydrogen-bond donors (Lipinski definition) is 0. The summed E-state index contributed by atoms with van der Waals surface area (Å²) in [7, 11) is 0. The molecule has 9 heteroatoms. The number of aryl methyl sites for hydroxylation is 1. The summed E-state index contributed by atoms with van der Waals surface area (Å²) < 4.78 is 7.84. The highest BCUT2D eigenvalue weighted by atomic mass is 16.4. The lowest BCUT2D eigenvalue weighted by Crippen LogP contribution is -2.34. The summed E-state index contributed by atoms with van der Waals surface area (Å²) in [5, 5.41) is 8.34. The van der Waals surface area contributed by atoms with E-state index in [4.69, 9.17) is 9.40 Å². The Bertz CT molecular complexity index is 1620. The molecule has 1 aliphatic rings. The van der Waals surface area contributed by atoms with Crippen molar-refractivity contribution in [3.63, 3.8) is 0 Å². The summed E-state index contributed by atoms with van der Waals surface area (Å²) in [6.07, 6.45) is 3.27. The molecule has 0 unspecified atom stereocenters. The Morgan fingerprint density at radius 1 is 0.865 bits per heavy atom. The number of nitrogens with zero attached hydrogens (tertiary/aromatic N) is 6. The summed E-state index contributed by atoms with van der Waals surface area (Å²) in [6, 6.07) is 20.0. The molecule has 9 nitrogen and oxygen atoms in total. The number of aromatic nitrogens is 5. The number of rotatable bonds is 6. The largest absolute Gasteiger partial charge is 0.435 e. The third-order valence-electron chi connectivity index (χ3n) is 6.49. The molecular formula is C28H22N6O3. The third-order valence-corrected chi connectivity index (χ3v) is 6.49. The number of benzene rings is 2. The van der Waals surface area contributed by atoms with Crippen LogP contribution in [0.15, 0.2) is 83.7 Å². The normalized spacial score (nSPS) is 13.7. The molecular weight excluding hydrogens is 468 g/mol. The predicted octanol–water partition coefficient (Wildman–Crippen LogP) is 4.83. The highest BCUT2D eigenvalue weighted by molar-refractivity contribution is 6.21. The van der Waals surface area contributed by atoms with Crippen LogP contribution in [-0.2, 0) is 0 Å². The van der Waals surface area contributed by atoms with Crippen LogP contribution >= 0.6 is 0 Å². The van der Waals surface area contributed by atoms with E-state index in [0.717, 1.165) is 11.1 Å². The molecule has 0 saturated carbocycles. The van der Waals surface area contributed by atoms with Gasteiger partial charge in [-0.25, -0.2) is 9.97 Å². The Morgan fingerprint density at radius 2 is 1.54 bits per heavy atom. The minimum absolute atomic E-state index is 0.177. The van der Waals surface area contributed by atoms with Gasteiger partial charge < -0.3 is 8.98 Å². The number of amides is 2. The van der Waals surface area contributed by atoms with Crippen LogP contribution < -0.4 is 0 Å². The highest BCUT2D eigenvalue weighted by Gasteiger charge is 2.36. The summed E-state index contributed by atoms with van der Waals surface area (Å²) in [5.74, 6) is 0.978. The third kappa shape index (κ3) is 3.90. The van der Waals surface area contributed by atoms with Crippen molar-refractivity contribution in [3.8, 4) is 34.4 Å². The number of fused-ring (bicyclic) bond motifs is 1. The average molecular weight is 491 g/mol. The van der Waals surface area contributed by atoms with Crippen molar-refractivity contribution in [1.29, 1.82) is 0 Å². The molecule has 37 heavy (non-hydrogen) atoms. The van der Waals surface area contributed by atoms with Gasteiger partial charge in [-0.2, -0.15) is 0 Å². The Hall–Kier alpha value is -4.92. The minimum atomic E-state index is -0.296. The molecule has 182 valence electrons. The zero-order chi connectivity index (χ0) is 25.5. The van der Waals surface area contributed by atoms with Crippen LogP contribution in [0.25, 0.3) is 34.4 Å². The molecule has 1 aliphatic heterocycles. The van der Waals surface area contributed by atoms with E-state index in [1.807, 2.05) is 60.9 Å². The first kappa shape index (κ1) is 22.5. The van der Waals surface area contributed by atoms with Crippen molar-refractivity contribution in [2.75, 3.05) is 6.54 Å². The number of carbonyl (C=O) groups is 2. The minimum Gasteiger partial charge on any atom is -0.435 e. The zero-order valence-corrected chi connectivity index (χ0v) is 20.2. The molecule has 0 fully saturated rings. The summed E-state index contributed by atoms with van der Waals surface area (Å²) >= 11 is 0. The maximum atomic E-state index is 12.8. The van der Waals surface area contributed by atoms with E-state index in [-0.39, 0.29) is 24.4 Å². The van der Waals surface area contributed by atoms with Crippen molar-refractivity contribution < 1.29 is 14.0 Å². The van der Waals surface area contributed by atoms with Crippen LogP contribution in [0.4, 0.5) is 0 Å².